The van der Waals surface area contributed by atoms with Crippen molar-refractivity contribution in [2.24, 2.45) is 0 Å². The van der Waals surface area contributed by atoms with Gasteiger partial charge in [0.05, 0.1) is 23.3 Å². The number of rotatable bonds is 4. The molecule has 0 spiro atoms. The molecule has 0 atom stereocenters. The minimum Gasteiger partial charge on any atom is -0.397 e. The SMILES string of the molecule is Cc1ccc(-c2ccno2)cc1-c1ccc(N)c(Cc2c(F)cccc2F)n1. The Balaban J connectivity index is 1.76. The average Bonchev–Trinajstić information content (AvgIpc) is 3.21. The topological polar surface area (TPSA) is 64.9 Å². The maximum atomic E-state index is 14.0. The van der Waals surface area contributed by atoms with Gasteiger partial charge < -0.3 is 10.3 Å². The Kier molecular flexibility index (Phi) is 4.61. The Hall–Kier alpha value is -3.54. The van der Waals surface area contributed by atoms with E-state index in [2.05, 4.69) is 10.1 Å². The second-order valence-electron chi connectivity index (χ2n) is 6.52. The van der Waals surface area contributed by atoms with Crippen LogP contribution in [0.25, 0.3) is 22.6 Å². The Bertz CT molecular complexity index is 1120. The lowest BCUT2D eigenvalue weighted by Gasteiger charge is -2.12. The highest BCUT2D eigenvalue weighted by molar-refractivity contribution is 5.72. The molecule has 0 saturated heterocycles. The minimum absolute atomic E-state index is 0.0287. The summed E-state index contributed by atoms with van der Waals surface area (Å²) in [5.41, 5.74) is 10.2. The summed E-state index contributed by atoms with van der Waals surface area (Å²) in [6, 6.07) is 14.9. The summed E-state index contributed by atoms with van der Waals surface area (Å²) in [6.07, 6.45) is 1.55. The van der Waals surface area contributed by atoms with E-state index in [0.29, 0.717) is 22.8 Å². The molecule has 28 heavy (non-hydrogen) atoms. The fourth-order valence-corrected chi connectivity index (χ4v) is 3.09. The summed E-state index contributed by atoms with van der Waals surface area (Å²) in [5.74, 6) is -0.587. The molecule has 0 amide bonds. The van der Waals surface area contributed by atoms with Crippen molar-refractivity contribution < 1.29 is 13.3 Å². The van der Waals surface area contributed by atoms with E-state index in [1.165, 1.54) is 18.2 Å². The number of nitrogens with zero attached hydrogens (tertiary/aromatic N) is 2. The lowest BCUT2D eigenvalue weighted by atomic mass is 9.99. The van der Waals surface area contributed by atoms with Crippen molar-refractivity contribution in [2.75, 3.05) is 5.73 Å². The second kappa shape index (κ2) is 7.23. The molecule has 2 aromatic heterocycles. The molecule has 140 valence electrons. The van der Waals surface area contributed by atoms with Gasteiger partial charge in [-0.05, 0) is 42.8 Å². The maximum Gasteiger partial charge on any atom is 0.166 e. The summed E-state index contributed by atoms with van der Waals surface area (Å²) in [6.45, 7) is 1.97. The molecule has 0 radical (unpaired) electrons. The van der Waals surface area contributed by atoms with Gasteiger partial charge in [-0.25, -0.2) is 8.78 Å². The number of nitrogen functional groups attached to an aromatic ring is 1. The molecule has 2 heterocycles. The molecule has 0 aliphatic carbocycles. The molecule has 4 aromatic rings. The van der Waals surface area contributed by atoms with Crippen LogP contribution < -0.4 is 5.73 Å². The number of hydrogen-bond donors (Lipinski definition) is 1. The van der Waals surface area contributed by atoms with Gasteiger partial charge in [-0.2, -0.15) is 0 Å². The first-order valence-electron chi connectivity index (χ1n) is 8.73. The zero-order valence-electron chi connectivity index (χ0n) is 15.1. The van der Waals surface area contributed by atoms with Crippen LogP contribution in [0.1, 0.15) is 16.8 Å². The predicted octanol–water partition coefficient (Wildman–Crippen LogP) is 5.16. The summed E-state index contributed by atoms with van der Waals surface area (Å²) >= 11 is 0. The third-order valence-corrected chi connectivity index (χ3v) is 4.65. The summed E-state index contributed by atoms with van der Waals surface area (Å²) in [4.78, 5) is 4.60. The Morgan fingerprint density at radius 1 is 1.00 bits per heavy atom. The van der Waals surface area contributed by atoms with Crippen LogP contribution in [0, 0.1) is 18.6 Å². The van der Waals surface area contributed by atoms with Gasteiger partial charge in [0.1, 0.15) is 11.6 Å². The highest BCUT2D eigenvalue weighted by Crippen LogP contribution is 2.30. The molecule has 0 fully saturated rings. The van der Waals surface area contributed by atoms with Gasteiger partial charge in [0.25, 0.3) is 0 Å². The van der Waals surface area contributed by atoms with E-state index in [1.54, 1.807) is 24.4 Å². The van der Waals surface area contributed by atoms with E-state index in [9.17, 15) is 8.78 Å². The van der Waals surface area contributed by atoms with Crippen LogP contribution in [0.15, 0.2) is 65.3 Å². The van der Waals surface area contributed by atoms with Crippen molar-refractivity contribution in [2.45, 2.75) is 13.3 Å². The molecule has 6 heteroatoms. The zero-order valence-corrected chi connectivity index (χ0v) is 15.1. The Labute approximate surface area is 160 Å². The molecular formula is C22H17F2N3O. The molecule has 0 bridgehead atoms. The van der Waals surface area contributed by atoms with Gasteiger partial charge in [-0.15, -0.1) is 0 Å². The van der Waals surface area contributed by atoms with E-state index in [0.717, 1.165) is 16.7 Å². The van der Waals surface area contributed by atoms with Crippen molar-refractivity contribution in [3.05, 3.63) is 89.2 Å². The van der Waals surface area contributed by atoms with Crippen molar-refractivity contribution in [1.29, 1.82) is 0 Å². The third kappa shape index (κ3) is 3.36. The fraction of sp³-hybridized carbons (Fsp3) is 0.0909. The monoisotopic (exact) mass is 377 g/mol. The van der Waals surface area contributed by atoms with Gasteiger partial charge in [0, 0.05) is 29.2 Å². The largest absolute Gasteiger partial charge is 0.397 e. The lowest BCUT2D eigenvalue weighted by molar-refractivity contribution is 0.432. The number of aryl methyl sites for hydroxylation is 1. The average molecular weight is 377 g/mol. The molecule has 0 aliphatic heterocycles. The predicted molar refractivity (Wildman–Crippen MR) is 103 cm³/mol. The first-order valence-corrected chi connectivity index (χ1v) is 8.73. The van der Waals surface area contributed by atoms with Crippen LogP contribution in [-0.4, -0.2) is 10.1 Å². The van der Waals surface area contributed by atoms with Crippen molar-refractivity contribution >= 4 is 5.69 Å². The molecule has 0 unspecified atom stereocenters. The highest BCUT2D eigenvalue weighted by atomic mass is 19.1. The van der Waals surface area contributed by atoms with E-state index in [-0.39, 0.29) is 12.0 Å². The molecular weight excluding hydrogens is 360 g/mol. The van der Waals surface area contributed by atoms with Crippen LogP contribution in [0.2, 0.25) is 0 Å². The number of halogens is 2. The highest BCUT2D eigenvalue weighted by Gasteiger charge is 2.14. The summed E-state index contributed by atoms with van der Waals surface area (Å²) in [7, 11) is 0. The number of nitrogens with two attached hydrogens (primary N) is 1. The smallest absolute Gasteiger partial charge is 0.166 e. The number of pyridine rings is 1. The quantitative estimate of drug-likeness (QED) is 0.533. The standard InChI is InChI=1S/C22H17F2N3O/c1-13-5-6-14(22-9-10-26-28-22)11-15(13)20-8-7-19(25)21(27-20)12-16-17(23)3-2-4-18(16)24/h2-11H,12,25H2,1H3. The number of aromatic nitrogens is 2. The number of hydrogen-bond acceptors (Lipinski definition) is 4. The van der Waals surface area contributed by atoms with Gasteiger partial charge in [0.2, 0.25) is 0 Å². The normalized spacial score (nSPS) is 11.0. The van der Waals surface area contributed by atoms with Gasteiger partial charge >= 0.3 is 0 Å². The van der Waals surface area contributed by atoms with Gasteiger partial charge in [0.15, 0.2) is 5.76 Å². The Morgan fingerprint density at radius 2 is 1.79 bits per heavy atom. The van der Waals surface area contributed by atoms with E-state index >= 15 is 0 Å². The minimum atomic E-state index is -0.616. The van der Waals surface area contributed by atoms with Gasteiger partial charge in [-0.3, -0.25) is 4.98 Å². The summed E-state index contributed by atoms with van der Waals surface area (Å²) < 4.78 is 33.3. The molecule has 2 aromatic carbocycles. The van der Waals surface area contributed by atoms with Gasteiger partial charge in [-0.1, -0.05) is 23.4 Å². The zero-order chi connectivity index (χ0) is 19.7. The third-order valence-electron chi connectivity index (χ3n) is 4.65. The van der Waals surface area contributed by atoms with E-state index in [1.807, 2.05) is 25.1 Å². The molecule has 4 rings (SSSR count). The Morgan fingerprint density at radius 3 is 2.50 bits per heavy atom. The molecule has 0 aliphatic rings. The number of anilines is 1. The number of benzene rings is 2. The molecule has 4 nitrogen and oxygen atoms in total. The van der Waals surface area contributed by atoms with Crippen LogP contribution in [0.3, 0.4) is 0 Å². The van der Waals surface area contributed by atoms with Crippen molar-refractivity contribution in [1.82, 2.24) is 10.1 Å². The molecule has 2 N–H and O–H groups in total. The van der Waals surface area contributed by atoms with Crippen LogP contribution in [0.4, 0.5) is 14.5 Å². The first kappa shape index (κ1) is 17.9. The van der Waals surface area contributed by atoms with Crippen LogP contribution >= 0.6 is 0 Å². The first-order chi connectivity index (χ1) is 13.5. The van der Waals surface area contributed by atoms with Crippen LogP contribution in [0.5, 0.6) is 0 Å². The van der Waals surface area contributed by atoms with Crippen LogP contribution in [-0.2, 0) is 6.42 Å². The van der Waals surface area contributed by atoms with E-state index < -0.39 is 11.6 Å². The van der Waals surface area contributed by atoms with Crippen molar-refractivity contribution in [3.8, 4) is 22.6 Å². The lowest BCUT2D eigenvalue weighted by Crippen LogP contribution is -2.04. The summed E-state index contributed by atoms with van der Waals surface area (Å²) in [5, 5.41) is 3.73. The maximum absolute atomic E-state index is 14.0. The van der Waals surface area contributed by atoms with E-state index in [4.69, 9.17) is 10.3 Å². The van der Waals surface area contributed by atoms with Crippen molar-refractivity contribution in [3.63, 3.8) is 0 Å². The molecule has 0 saturated carbocycles. The fourth-order valence-electron chi connectivity index (χ4n) is 3.09. The second-order valence-corrected chi connectivity index (χ2v) is 6.52.